The Balaban J connectivity index is 1.60. The summed E-state index contributed by atoms with van der Waals surface area (Å²) in [6, 6.07) is 34.7. The number of nitrogens with zero attached hydrogens (tertiary/aromatic N) is 2. The minimum absolute atomic E-state index is 0.116. The number of halogens is 1. The highest BCUT2D eigenvalue weighted by Gasteiger charge is 2.17. The molecule has 5 aromatic rings. The first-order valence-electron chi connectivity index (χ1n) is 11.5. The van der Waals surface area contributed by atoms with Gasteiger partial charge in [0.2, 0.25) is 0 Å². The fourth-order valence-electron chi connectivity index (χ4n) is 4.24. The first-order valence-corrected chi connectivity index (χ1v) is 12.3. The van der Waals surface area contributed by atoms with E-state index in [1.807, 2.05) is 12.4 Å². The van der Waals surface area contributed by atoms with Crippen molar-refractivity contribution in [1.29, 1.82) is 0 Å². The third-order valence-electron chi connectivity index (χ3n) is 6.16. The number of benzene rings is 4. The van der Waals surface area contributed by atoms with Gasteiger partial charge in [-0.05, 0) is 82.1 Å². The molecule has 0 unspecified atom stereocenters. The molecule has 0 bridgehead atoms. The zero-order valence-corrected chi connectivity index (χ0v) is 21.3. The normalized spacial score (nSPS) is 11.5. The average Bonchev–Trinajstić information content (AvgIpc) is 2.84. The van der Waals surface area contributed by atoms with Gasteiger partial charge in [-0.15, -0.1) is 0 Å². The molecule has 1 aromatic heterocycles. The van der Waals surface area contributed by atoms with Crippen LogP contribution in [0, 0.1) is 0 Å². The lowest BCUT2D eigenvalue weighted by Crippen LogP contribution is -2.13. The summed E-state index contributed by atoms with van der Waals surface area (Å²) in [6.07, 6.45) is 3.76. The quantitative estimate of drug-likeness (QED) is 0.241. The Morgan fingerprint density at radius 1 is 0.647 bits per heavy atom. The van der Waals surface area contributed by atoms with Gasteiger partial charge in [-0.25, -0.2) is 0 Å². The highest BCUT2D eigenvalue weighted by molar-refractivity contribution is 9.10. The van der Waals surface area contributed by atoms with Crippen molar-refractivity contribution in [2.45, 2.75) is 26.2 Å². The highest BCUT2D eigenvalue weighted by atomic mass is 79.9. The third kappa shape index (κ3) is 4.62. The van der Waals surface area contributed by atoms with Crippen LogP contribution in [0.1, 0.15) is 26.3 Å². The van der Waals surface area contributed by atoms with Crippen LogP contribution in [0.15, 0.2) is 114 Å². The number of hydrogen-bond acceptors (Lipinski definition) is 2. The molecule has 0 aliphatic carbocycles. The van der Waals surface area contributed by atoms with E-state index in [0.29, 0.717) is 0 Å². The molecule has 5 rings (SSSR count). The van der Waals surface area contributed by atoms with Crippen LogP contribution in [-0.2, 0) is 5.41 Å². The van der Waals surface area contributed by atoms with Gasteiger partial charge in [0.15, 0.2) is 0 Å². The predicted octanol–water partition coefficient (Wildman–Crippen LogP) is 9.43. The van der Waals surface area contributed by atoms with E-state index in [1.54, 1.807) is 0 Å². The van der Waals surface area contributed by atoms with Crippen LogP contribution in [0.25, 0.3) is 21.9 Å². The van der Waals surface area contributed by atoms with Crippen molar-refractivity contribution in [2.75, 3.05) is 4.90 Å². The average molecular weight is 507 g/mol. The fraction of sp³-hybridized carbons (Fsp3) is 0.129. The van der Waals surface area contributed by atoms with Crippen molar-refractivity contribution >= 4 is 43.8 Å². The molecule has 0 saturated heterocycles. The number of rotatable bonds is 4. The first-order chi connectivity index (χ1) is 16.4. The van der Waals surface area contributed by atoms with Gasteiger partial charge in [0, 0.05) is 39.3 Å². The van der Waals surface area contributed by atoms with Crippen LogP contribution in [0.2, 0.25) is 0 Å². The van der Waals surface area contributed by atoms with E-state index in [1.165, 1.54) is 22.1 Å². The Morgan fingerprint density at radius 3 is 2.00 bits per heavy atom. The van der Waals surface area contributed by atoms with Gasteiger partial charge in [-0.1, -0.05) is 79.2 Å². The number of anilines is 3. The topological polar surface area (TPSA) is 16.1 Å². The Bertz CT molecular complexity index is 1430. The monoisotopic (exact) mass is 506 g/mol. The van der Waals surface area contributed by atoms with Crippen LogP contribution in [-0.4, -0.2) is 4.98 Å². The van der Waals surface area contributed by atoms with Crippen LogP contribution in [0.5, 0.6) is 0 Å². The Labute approximate surface area is 210 Å². The van der Waals surface area contributed by atoms with Crippen molar-refractivity contribution in [1.82, 2.24) is 4.98 Å². The molecule has 0 radical (unpaired) electrons. The van der Waals surface area contributed by atoms with Gasteiger partial charge >= 0.3 is 0 Å². The molecule has 0 aliphatic heterocycles. The zero-order chi connectivity index (χ0) is 23.7. The van der Waals surface area contributed by atoms with Crippen LogP contribution in [0.4, 0.5) is 17.1 Å². The number of hydrogen-bond donors (Lipinski definition) is 0. The molecule has 0 amide bonds. The molecule has 2 nitrogen and oxygen atoms in total. The third-order valence-corrected chi connectivity index (χ3v) is 6.65. The van der Waals surface area contributed by atoms with E-state index in [4.69, 9.17) is 0 Å². The number of pyridine rings is 1. The lowest BCUT2D eigenvalue weighted by Gasteiger charge is -2.27. The van der Waals surface area contributed by atoms with E-state index in [9.17, 15) is 0 Å². The lowest BCUT2D eigenvalue weighted by atomic mass is 9.87. The molecule has 34 heavy (non-hydrogen) atoms. The van der Waals surface area contributed by atoms with E-state index >= 15 is 0 Å². The molecular weight excluding hydrogens is 480 g/mol. The van der Waals surface area contributed by atoms with Crippen LogP contribution in [0.3, 0.4) is 0 Å². The summed E-state index contributed by atoms with van der Waals surface area (Å²) >= 11 is 3.58. The van der Waals surface area contributed by atoms with E-state index in [2.05, 4.69) is 144 Å². The fourth-order valence-corrected chi connectivity index (χ4v) is 4.64. The summed E-state index contributed by atoms with van der Waals surface area (Å²) in [5, 5.41) is 2.31. The van der Waals surface area contributed by atoms with E-state index in [0.717, 1.165) is 26.9 Å². The largest absolute Gasteiger partial charge is 0.310 e. The van der Waals surface area contributed by atoms with Gasteiger partial charge < -0.3 is 4.90 Å². The van der Waals surface area contributed by atoms with Crippen molar-refractivity contribution in [2.24, 2.45) is 0 Å². The smallest absolute Gasteiger partial charge is 0.0468 e. The summed E-state index contributed by atoms with van der Waals surface area (Å²) in [5.74, 6) is 0. The maximum absolute atomic E-state index is 4.26. The number of aromatic nitrogens is 1. The van der Waals surface area contributed by atoms with Crippen molar-refractivity contribution in [3.63, 3.8) is 0 Å². The van der Waals surface area contributed by atoms with Crippen molar-refractivity contribution in [3.05, 3.63) is 119 Å². The second kappa shape index (κ2) is 9.08. The molecule has 4 aromatic carbocycles. The summed E-state index contributed by atoms with van der Waals surface area (Å²) in [6.45, 7) is 6.74. The molecular formula is C31H27BrN2. The molecule has 168 valence electrons. The molecule has 0 saturated carbocycles. The molecule has 0 fully saturated rings. The van der Waals surface area contributed by atoms with Gasteiger partial charge in [0.05, 0.1) is 0 Å². The maximum atomic E-state index is 4.26. The summed E-state index contributed by atoms with van der Waals surface area (Å²) in [7, 11) is 0. The maximum Gasteiger partial charge on any atom is 0.0468 e. The lowest BCUT2D eigenvalue weighted by molar-refractivity contribution is 0.590. The SMILES string of the molecule is CC(C)(C)c1ccc(N(c2ccc(-c3cccc(Br)c3)cc2)c2ccc3cnccc3c2)cc1. The minimum atomic E-state index is 0.116. The molecule has 0 atom stereocenters. The molecule has 3 heteroatoms. The van der Waals surface area contributed by atoms with Gasteiger partial charge in [-0.3, -0.25) is 4.98 Å². The Morgan fingerprint density at radius 2 is 1.32 bits per heavy atom. The molecule has 1 heterocycles. The second-order valence-electron chi connectivity index (χ2n) is 9.60. The van der Waals surface area contributed by atoms with Gasteiger partial charge in [0.1, 0.15) is 0 Å². The zero-order valence-electron chi connectivity index (χ0n) is 19.7. The van der Waals surface area contributed by atoms with E-state index < -0.39 is 0 Å². The Kier molecular flexibility index (Phi) is 5.97. The predicted molar refractivity (Wildman–Crippen MR) is 148 cm³/mol. The molecule has 0 aliphatic rings. The summed E-state index contributed by atoms with van der Waals surface area (Å²) in [4.78, 5) is 6.58. The standard InChI is InChI=1S/C31H27BrN2/c1-31(2,3)26-10-15-29(16-11-26)34(30-14-9-25-21-33-18-17-24(25)20-30)28-12-7-22(8-13-28)23-5-4-6-27(32)19-23/h4-21H,1-3H3. The Hall–Kier alpha value is -3.43. The highest BCUT2D eigenvalue weighted by Crippen LogP contribution is 2.38. The van der Waals surface area contributed by atoms with Gasteiger partial charge in [-0.2, -0.15) is 0 Å². The number of fused-ring (bicyclic) bond motifs is 1. The minimum Gasteiger partial charge on any atom is -0.310 e. The van der Waals surface area contributed by atoms with Crippen LogP contribution < -0.4 is 4.90 Å². The summed E-state index contributed by atoms with van der Waals surface area (Å²) in [5.41, 5.74) is 7.21. The van der Waals surface area contributed by atoms with Crippen molar-refractivity contribution in [3.8, 4) is 11.1 Å². The second-order valence-corrected chi connectivity index (χ2v) is 10.5. The van der Waals surface area contributed by atoms with Gasteiger partial charge in [0.25, 0.3) is 0 Å². The first kappa shape index (κ1) is 22.4. The van der Waals surface area contributed by atoms with Crippen molar-refractivity contribution < 1.29 is 0 Å². The molecule has 0 spiro atoms. The summed E-state index contributed by atoms with van der Waals surface area (Å²) < 4.78 is 1.08. The molecule has 0 N–H and O–H groups in total. The van der Waals surface area contributed by atoms with Crippen LogP contribution >= 0.6 is 15.9 Å². The van der Waals surface area contributed by atoms with E-state index in [-0.39, 0.29) is 5.41 Å².